The summed E-state index contributed by atoms with van der Waals surface area (Å²) in [6.45, 7) is 4.27. The summed E-state index contributed by atoms with van der Waals surface area (Å²) in [6, 6.07) is 9.22. The molecule has 7 nitrogen and oxygen atoms in total. The summed E-state index contributed by atoms with van der Waals surface area (Å²) in [5.41, 5.74) is 1.88. The second-order valence-corrected chi connectivity index (χ2v) is 9.23. The number of aryl methyl sites for hydroxylation is 1. The third-order valence-corrected chi connectivity index (χ3v) is 6.43. The van der Waals surface area contributed by atoms with Crippen LogP contribution in [0.3, 0.4) is 0 Å². The summed E-state index contributed by atoms with van der Waals surface area (Å²) < 4.78 is 37.9. The smallest absolute Gasteiger partial charge is 0.247 e. The third-order valence-electron chi connectivity index (χ3n) is 4.29. The fourth-order valence-corrected chi connectivity index (χ4v) is 4.36. The van der Waals surface area contributed by atoms with E-state index in [0.29, 0.717) is 36.1 Å². The lowest BCUT2D eigenvalue weighted by atomic mass is 10.2. The van der Waals surface area contributed by atoms with E-state index < -0.39 is 22.0 Å². The van der Waals surface area contributed by atoms with Crippen molar-refractivity contribution in [3.63, 3.8) is 0 Å². The topological polar surface area (TPSA) is 84.9 Å². The van der Waals surface area contributed by atoms with Crippen molar-refractivity contribution in [1.82, 2.24) is 0 Å². The molecule has 1 aliphatic rings. The van der Waals surface area contributed by atoms with Gasteiger partial charge in [0.1, 0.15) is 19.3 Å². The van der Waals surface area contributed by atoms with E-state index in [0.717, 1.165) is 20.6 Å². The summed E-state index contributed by atoms with van der Waals surface area (Å²) in [5.74, 6) is 0.557. The van der Waals surface area contributed by atoms with E-state index in [4.69, 9.17) is 9.47 Å². The van der Waals surface area contributed by atoms with E-state index >= 15 is 0 Å². The molecule has 28 heavy (non-hydrogen) atoms. The first-order valence-corrected chi connectivity index (χ1v) is 11.3. The van der Waals surface area contributed by atoms with Crippen molar-refractivity contribution < 1.29 is 22.7 Å². The van der Waals surface area contributed by atoms with Crippen LogP contribution >= 0.6 is 15.9 Å². The second-order valence-electron chi connectivity index (χ2n) is 6.52. The second kappa shape index (κ2) is 8.00. The van der Waals surface area contributed by atoms with Crippen molar-refractivity contribution in [1.29, 1.82) is 0 Å². The number of ether oxygens (including phenoxy) is 2. The number of nitrogens with one attached hydrogen (secondary N) is 1. The number of carbonyl (C=O) groups is 1. The predicted molar refractivity (Wildman–Crippen MR) is 112 cm³/mol. The van der Waals surface area contributed by atoms with Gasteiger partial charge in [-0.3, -0.25) is 9.10 Å². The minimum atomic E-state index is -3.73. The van der Waals surface area contributed by atoms with Crippen molar-refractivity contribution in [3.8, 4) is 11.5 Å². The van der Waals surface area contributed by atoms with Crippen LogP contribution < -0.4 is 19.1 Å². The van der Waals surface area contributed by atoms with Gasteiger partial charge < -0.3 is 14.8 Å². The predicted octanol–water partition coefficient (Wildman–Crippen LogP) is 3.32. The molecule has 0 fully saturated rings. The Kier molecular flexibility index (Phi) is 5.85. The van der Waals surface area contributed by atoms with Gasteiger partial charge in [0.25, 0.3) is 0 Å². The first-order valence-electron chi connectivity index (χ1n) is 8.63. The lowest BCUT2D eigenvalue weighted by Gasteiger charge is -2.29. The van der Waals surface area contributed by atoms with Gasteiger partial charge in [-0.25, -0.2) is 8.42 Å². The highest BCUT2D eigenvalue weighted by molar-refractivity contribution is 9.10. The standard InChI is InChI=1S/C19H21BrN2O5S/c1-12-10-14(4-6-16(12)20)21-19(23)13(2)22(28(3,24)25)15-5-7-17-18(11-15)27-9-8-26-17/h4-7,10-11,13H,8-9H2,1-3H3,(H,21,23)/t13-/m1/s1. The molecule has 0 saturated heterocycles. The molecule has 0 aliphatic carbocycles. The van der Waals surface area contributed by atoms with Gasteiger partial charge in [0.05, 0.1) is 11.9 Å². The van der Waals surface area contributed by atoms with Crippen LogP contribution in [0.1, 0.15) is 12.5 Å². The first-order chi connectivity index (χ1) is 13.2. The maximum atomic E-state index is 12.8. The van der Waals surface area contributed by atoms with Gasteiger partial charge in [-0.05, 0) is 49.7 Å². The van der Waals surface area contributed by atoms with Gasteiger partial charge in [0, 0.05) is 16.2 Å². The largest absolute Gasteiger partial charge is 0.486 e. The molecule has 1 N–H and O–H groups in total. The normalized spacial score (nSPS) is 14.3. The van der Waals surface area contributed by atoms with Crippen LogP contribution in [0.5, 0.6) is 11.5 Å². The molecule has 1 atom stereocenters. The first kappa shape index (κ1) is 20.5. The Morgan fingerprint density at radius 3 is 2.46 bits per heavy atom. The summed E-state index contributed by atoms with van der Waals surface area (Å²) >= 11 is 3.41. The molecule has 2 aromatic carbocycles. The number of hydrogen-bond donors (Lipinski definition) is 1. The van der Waals surface area contributed by atoms with Gasteiger partial charge in [-0.15, -0.1) is 0 Å². The van der Waals surface area contributed by atoms with E-state index in [1.807, 2.05) is 19.1 Å². The zero-order valence-electron chi connectivity index (χ0n) is 15.7. The molecule has 1 aliphatic heterocycles. The van der Waals surface area contributed by atoms with Gasteiger partial charge in [-0.2, -0.15) is 0 Å². The number of sulfonamides is 1. The zero-order chi connectivity index (χ0) is 20.5. The molecule has 0 unspecified atom stereocenters. The number of benzene rings is 2. The van der Waals surface area contributed by atoms with E-state index in [9.17, 15) is 13.2 Å². The molecular weight excluding hydrogens is 448 g/mol. The number of hydrogen-bond acceptors (Lipinski definition) is 5. The molecule has 2 aromatic rings. The summed E-state index contributed by atoms with van der Waals surface area (Å²) in [4.78, 5) is 12.8. The Morgan fingerprint density at radius 2 is 1.82 bits per heavy atom. The lowest BCUT2D eigenvalue weighted by molar-refractivity contribution is -0.116. The van der Waals surface area contributed by atoms with E-state index in [1.54, 1.807) is 31.2 Å². The molecule has 1 heterocycles. The van der Waals surface area contributed by atoms with E-state index in [1.165, 1.54) is 0 Å². The fraction of sp³-hybridized carbons (Fsp3) is 0.316. The maximum Gasteiger partial charge on any atom is 0.247 e. The Hall–Kier alpha value is -2.26. The van der Waals surface area contributed by atoms with Gasteiger partial charge >= 0.3 is 0 Å². The van der Waals surface area contributed by atoms with Crippen molar-refractivity contribution in [2.75, 3.05) is 29.1 Å². The highest BCUT2D eigenvalue weighted by atomic mass is 79.9. The highest BCUT2D eigenvalue weighted by Gasteiger charge is 2.30. The number of carbonyl (C=O) groups excluding carboxylic acids is 1. The van der Waals surface area contributed by atoms with Gasteiger partial charge in [0.2, 0.25) is 15.9 Å². The zero-order valence-corrected chi connectivity index (χ0v) is 18.1. The van der Waals surface area contributed by atoms with Crippen molar-refractivity contribution in [3.05, 3.63) is 46.4 Å². The molecule has 0 saturated carbocycles. The van der Waals surface area contributed by atoms with Gasteiger partial charge in [0.15, 0.2) is 11.5 Å². The average molecular weight is 469 g/mol. The SMILES string of the molecule is Cc1cc(NC(=O)[C@@H](C)N(c2ccc3c(c2)OCCO3)S(C)(=O)=O)ccc1Br. The van der Waals surface area contributed by atoms with Crippen molar-refractivity contribution >= 4 is 43.2 Å². The van der Waals surface area contributed by atoms with Crippen LogP contribution in [-0.2, 0) is 14.8 Å². The summed E-state index contributed by atoms with van der Waals surface area (Å²) in [5, 5.41) is 2.77. The Bertz CT molecular complexity index is 1010. The Labute approximate surface area is 172 Å². The number of rotatable bonds is 5. The van der Waals surface area contributed by atoms with E-state index in [-0.39, 0.29) is 0 Å². The average Bonchev–Trinajstić information content (AvgIpc) is 2.63. The third kappa shape index (κ3) is 4.41. The maximum absolute atomic E-state index is 12.8. The Balaban J connectivity index is 1.89. The number of anilines is 2. The Morgan fingerprint density at radius 1 is 1.14 bits per heavy atom. The molecule has 1 amide bonds. The molecular formula is C19H21BrN2O5S. The van der Waals surface area contributed by atoms with Crippen LogP contribution in [0.2, 0.25) is 0 Å². The number of fused-ring (bicyclic) bond motifs is 1. The molecule has 9 heteroatoms. The van der Waals surface area contributed by atoms with Gasteiger partial charge in [-0.1, -0.05) is 15.9 Å². The number of nitrogens with zero attached hydrogens (tertiary/aromatic N) is 1. The number of halogens is 1. The molecule has 3 rings (SSSR count). The van der Waals surface area contributed by atoms with Crippen LogP contribution in [0, 0.1) is 6.92 Å². The summed E-state index contributed by atoms with van der Waals surface area (Å²) in [6.07, 6.45) is 1.07. The van der Waals surface area contributed by atoms with Crippen LogP contribution in [0.4, 0.5) is 11.4 Å². The quantitative estimate of drug-likeness (QED) is 0.727. The minimum absolute atomic E-state index is 0.335. The fourth-order valence-electron chi connectivity index (χ4n) is 2.95. The van der Waals surface area contributed by atoms with Crippen LogP contribution in [-0.4, -0.2) is 39.8 Å². The number of amides is 1. The van der Waals surface area contributed by atoms with Crippen LogP contribution in [0.15, 0.2) is 40.9 Å². The van der Waals surface area contributed by atoms with Crippen molar-refractivity contribution in [2.45, 2.75) is 19.9 Å². The van der Waals surface area contributed by atoms with E-state index in [2.05, 4.69) is 21.2 Å². The molecule has 150 valence electrons. The molecule has 0 aromatic heterocycles. The lowest BCUT2D eigenvalue weighted by Crippen LogP contribution is -2.45. The molecule has 0 bridgehead atoms. The minimum Gasteiger partial charge on any atom is -0.486 e. The monoisotopic (exact) mass is 468 g/mol. The molecule has 0 radical (unpaired) electrons. The van der Waals surface area contributed by atoms with Crippen LogP contribution in [0.25, 0.3) is 0 Å². The summed E-state index contributed by atoms with van der Waals surface area (Å²) in [7, 11) is -3.73. The molecule has 0 spiro atoms. The van der Waals surface area contributed by atoms with Crippen molar-refractivity contribution in [2.24, 2.45) is 0 Å². The highest BCUT2D eigenvalue weighted by Crippen LogP contribution is 2.35.